The Kier molecular flexibility index (Phi) is 31.0. The lowest BCUT2D eigenvalue weighted by molar-refractivity contribution is -0.385. The number of H-pyrrole nitrogens is 1. The largest absolute Gasteiger partial charge is 0.507 e. The van der Waals surface area contributed by atoms with Crippen LogP contribution < -0.4 is 23.7 Å². The fourth-order valence-electron chi connectivity index (χ4n) is 10.9. The Morgan fingerprint density at radius 3 is 1.53 bits per heavy atom. The van der Waals surface area contributed by atoms with Crippen LogP contribution in [0.15, 0.2) is 126 Å². The van der Waals surface area contributed by atoms with Crippen LogP contribution in [0.3, 0.4) is 0 Å². The van der Waals surface area contributed by atoms with Crippen LogP contribution in [0.25, 0.3) is 39.1 Å². The van der Waals surface area contributed by atoms with Crippen LogP contribution in [-0.4, -0.2) is 167 Å². The zero-order chi connectivity index (χ0) is 77.9. The minimum Gasteiger partial charge on any atom is -0.507 e. The Hall–Kier alpha value is -12.9. The van der Waals surface area contributed by atoms with Gasteiger partial charge in [0.25, 0.3) is 11.4 Å². The summed E-state index contributed by atoms with van der Waals surface area (Å²) in [5.41, 5.74) is 7.79. The molecule has 558 valence electrons. The molecule has 6 aromatic carbocycles. The molecular weight excluding hydrogens is 1370 g/mol. The molecule has 3 heterocycles. The third-order valence-electron chi connectivity index (χ3n) is 16.0. The van der Waals surface area contributed by atoms with Gasteiger partial charge in [0.1, 0.15) is 74.4 Å². The van der Waals surface area contributed by atoms with Crippen LogP contribution >= 0.6 is 0 Å². The summed E-state index contributed by atoms with van der Waals surface area (Å²) in [4.78, 5) is 106. The number of rotatable bonds is 19. The number of nitro benzene ring substituents is 2. The fraction of sp³-hybridized carbons (Fsp3) is 0.293. The number of carboxylic acids is 2. The standard InChI is InChI=1S/C23H25NO6.C13H16N2O5.C11H11NO3.C10H11NO5.C10H12O3.C8H8O3/c1-28-19-11-16-18(10-17(19)23(27)29-2)24(12-20(25)26)22(15-8-9-30-13-15)21(16)14-6-4-3-5-7-14;1-14(2)6-5-9-7-12(19-3)10(13(16)20-4)8-11(9)15(17)18;1-14-10-5-7-3-4-12-9(7)6-8(10)11(13)15-2;1-6-4-9(15-2)7(10(12)16-3)5-8(6)11(13)14;1-7-4-5-8(10(11)13-3)9(6-7)12-2;1-5-2-3-6(8(10)11)7(9)4-5/h8-11,13-14H,3-7,12H2,1-2H3,(H,25,26);5-8H,1-4H3;3-6,12H,1-2H3;4-5H,1-3H3;4-6H,1-3H3;2-4,9H,1H3,(H,10,11)/b;6-5+;;;;. The molecule has 3 aromatic heterocycles. The van der Waals surface area contributed by atoms with Gasteiger partial charge in [-0.2, -0.15) is 0 Å². The topological polar surface area (TPSA) is 396 Å². The van der Waals surface area contributed by atoms with E-state index in [2.05, 4.69) is 23.9 Å². The molecule has 1 saturated carbocycles. The van der Waals surface area contributed by atoms with Crippen molar-refractivity contribution in [2.24, 2.45) is 0 Å². The van der Waals surface area contributed by atoms with Crippen LogP contribution in [0.2, 0.25) is 0 Å². The number of hydrogen-bond acceptors (Lipinski definition) is 24. The number of carbonyl (C=O) groups excluding carboxylic acids is 5. The number of methoxy groups -OCH3 is 10. The first-order valence-electron chi connectivity index (χ1n) is 31.8. The van der Waals surface area contributed by atoms with Gasteiger partial charge in [-0.15, -0.1) is 0 Å². The molecule has 0 aliphatic heterocycles. The summed E-state index contributed by atoms with van der Waals surface area (Å²) in [6, 6.07) is 25.8. The van der Waals surface area contributed by atoms with Crippen molar-refractivity contribution in [2.45, 2.75) is 65.3 Å². The Labute approximate surface area is 603 Å². The van der Waals surface area contributed by atoms with Gasteiger partial charge in [-0.25, -0.2) is 28.8 Å². The lowest BCUT2D eigenvalue weighted by Gasteiger charge is -2.23. The quantitative estimate of drug-likeness (QED) is 0.0253. The number of nitro groups is 2. The van der Waals surface area contributed by atoms with E-state index in [4.69, 9.17) is 43.1 Å². The van der Waals surface area contributed by atoms with E-state index in [0.29, 0.717) is 50.9 Å². The number of fused-ring (bicyclic) bond motifs is 2. The Bertz CT molecular complexity index is 4620. The lowest BCUT2D eigenvalue weighted by atomic mass is 9.82. The highest BCUT2D eigenvalue weighted by Crippen LogP contribution is 2.46. The van der Waals surface area contributed by atoms with Gasteiger partial charge in [-0.05, 0) is 141 Å². The first-order valence-corrected chi connectivity index (χ1v) is 31.8. The lowest BCUT2D eigenvalue weighted by Crippen LogP contribution is -2.11. The number of nitrogens with one attached hydrogen (secondary N) is 1. The third-order valence-corrected chi connectivity index (χ3v) is 16.0. The van der Waals surface area contributed by atoms with Crippen molar-refractivity contribution in [3.05, 3.63) is 203 Å². The molecule has 1 fully saturated rings. The van der Waals surface area contributed by atoms with Crippen molar-refractivity contribution in [1.29, 1.82) is 0 Å². The molecule has 0 bridgehead atoms. The maximum atomic E-state index is 12.3. The Morgan fingerprint density at radius 1 is 0.571 bits per heavy atom. The SMILES string of the molecule is COC(=O)c1cc([N+](=O)[O-])c(/C=C/N(C)C)cc1OC.COC(=O)c1cc([N+](=O)[O-])c(C)cc1OC.COC(=O)c1cc2[nH]ccc2cc1OC.COC(=O)c1cc2c(cc1OC)c(C1CCCCC1)c(-c1ccoc1)n2CC(=O)O.COC(=O)c1ccc(C)cc1OC.Cc1ccc(C(=O)O)c(O)c1. The van der Waals surface area contributed by atoms with E-state index in [1.165, 1.54) is 102 Å². The summed E-state index contributed by atoms with van der Waals surface area (Å²) in [6.07, 6.45) is 13.8. The number of aromatic amines is 1. The number of benzene rings is 6. The second kappa shape index (κ2) is 39.4. The number of furan rings is 1. The second-order valence-electron chi connectivity index (χ2n) is 23.0. The van der Waals surface area contributed by atoms with Gasteiger partial charge in [-0.1, -0.05) is 31.4 Å². The zero-order valence-corrected chi connectivity index (χ0v) is 60.6. The Morgan fingerprint density at radius 2 is 1.05 bits per heavy atom. The predicted octanol–water partition coefficient (Wildman–Crippen LogP) is 13.6. The normalized spacial score (nSPS) is 11.3. The van der Waals surface area contributed by atoms with Gasteiger partial charge in [0.05, 0.1) is 110 Å². The summed E-state index contributed by atoms with van der Waals surface area (Å²) in [5.74, 6) is -2.64. The number of aromatic carboxylic acids is 1. The first-order chi connectivity index (χ1) is 50.0. The van der Waals surface area contributed by atoms with Crippen LogP contribution in [0.5, 0.6) is 34.5 Å². The van der Waals surface area contributed by atoms with Crippen molar-refractivity contribution >= 4 is 81.0 Å². The number of aromatic hydroxyl groups is 1. The van der Waals surface area contributed by atoms with E-state index in [9.17, 15) is 58.9 Å². The number of carboxylic acid groups (broad SMARTS) is 2. The van der Waals surface area contributed by atoms with Crippen LogP contribution in [0, 0.1) is 41.0 Å². The maximum absolute atomic E-state index is 12.3. The minimum absolute atomic E-state index is 0.0173. The van der Waals surface area contributed by atoms with Crippen molar-refractivity contribution in [3.8, 4) is 45.8 Å². The van der Waals surface area contributed by atoms with Crippen molar-refractivity contribution in [2.75, 3.05) is 85.2 Å². The van der Waals surface area contributed by atoms with Gasteiger partial charge >= 0.3 is 41.8 Å². The molecule has 0 radical (unpaired) electrons. The highest BCUT2D eigenvalue weighted by atomic mass is 16.6. The molecule has 105 heavy (non-hydrogen) atoms. The molecule has 1 aliphatic carbocycles. The number of carbonyl (C=O) groups is 7. The number of aromatic nitrogens is 2. The maximum Gasteiger partial charge on any atom is 0.341 e. The molecule has 0 spiro atoms. The fourth-order valence-corrected chi connectivity index (χ4v) is 10.9. The van der Waals surface area contributed by atoms with Crippen molar-refractivity contribution in [3.63, 3.8) is 0 Å². The number of aryl methyl sites for hydroxylation is 3. The summed E-state index contributed by atoms with van der Waals surface area (Å²) < 4.78 is 56.1. The number of nitrogens with zero attached hydrogens (tertiary/aromatic N) is 4. The average Bonchev–Trinajstić information content (AvgIpc) is 1.58. The number of hydrogen-bond donors (Lipinski definition) is 4. The molecule has 1 aliphatic rings. The molecule has 30 nitrogen and oxygen atoms in total. The van der Waals surface area contributed by atoms with Crippen LogP contribution in [0.4, 0.5) is 11.4 Å². The minimum atomic E-state index is -1.11. The van der Waals surface area contributed by atoms with Gasteiger partial charge in [-0.3, -0.25) is 25.0 Å². The smallest absolute Gasteiger partial charge is 0.341 e. The van der Waals surface area contributed by atoms with E-state index in [1.807, 2.05) is 37.4 Å². The highest BCUT2D eigenvalue weighted by Gasteiger charge is 2.31. The van der Waals surface area contributed by atoms with E-state index in [-0.39, 0.29) is 63.4 Å². The first kappa shape index (κ1) is 82.8. The number of ether oxygens (including phenoxy) is 10. The second-order valence-corrected chi connectivity index (χ2v) is 23.0. The number of esters is 5. The van der Waals surface area contributed by atoms with Gasteiger partial charge < -0.3 is 81.6 Å². The summed E-state index contributed by atoms with van der Waals surface area (Å²) in [7, 11) is 17.3. The molecule has 0 amide bonds. The molecule has 9 aromatic rings. The van der Waals surface area contributed by atoms with Gasteiger partial charge in [0.2, 0.25) is 0 Å². The molecule has 0 unspecified atom stereocenters. The summed E-state index contributed by atoms with van der Waals surface area (Å²) >= 11 is 0. The number of aliphatic carboxylic acids is 1. The molecular formula is C75H83N5O25. The summed E-state index contributed by atoms with van der Waals surface area (Å²) in [6.45, 7) is 5.06. The molecule has 30 heteroatoms. The van der Waals surface area contributed by atoms with E-state index >= 15 is 0 Å². The number of phenols is 1. The third kappa shape index (κ3) is 21.6. The van der Waals surface area contributed by atoms with E-state index in [0.717, 1.165) is 82.1 Å². The molecule has 4 N–H and O–H groups in total. The summed E-state index contributed by atoms with van der Waals surface area (Å²) in [5, 5.41) is 50.9. The monoisotopic (exact) mass is 1450 g/mol. The highest BCUT2D eigenvalue weighted by molar-refractivity contribution is 6.02. The van der Waals surface area contributed by atoms with Crippen LogP contribution in [0.1, 0.15) is 128 Å². The Balaban J connectivity index is 0.000000235. The molecule has 10 rings (SSSR count). The molecule has 0 saturated heterocycles. The molecule has 0 atom stereocenters. The van der Waals surface area contributed by atoms with E-state index < -0.39 is 45.7 Å². The zero-order valence-electron chi connectivity index (χ0n) is 60.6. The van der Waals surface area contributed by atoms with Crippen LogP contribution in [-0.2, 0) is 35.0 Å². The van der Waals surface area contributed by atoms with Crippen molar-refractivity contribution < 1.29 is 111 Å². The predicted molar refractivity (Wildman–Crippen MR) is 385 cm³/mol. The average molecular weight is 1450 g/mol. The van der Waals surface area contributed by atoms with Crippen molar-refractivity contribution in [1.82, 2.24) is 14.5 Å². The van der Waals surface area contributed by atoms with Gasteiger partial charge in [0, 0.05) is 59.8 Å². The van der Waals surface area contributed by atoms with E-state index in [1.54, 1.807) is 98.6 Å². The van der Waals surface area contributed by atoms with Gasteiger partial charge in [0.15, 0.2) is 0 Å².